The van der Waals surface area contributed by atoms with Crippen LogP contribution in [0.15, 0.2) is 109 Å². The predicted octanol–water partition coefficient (Wildman–Crippen LogP) is 9.61. The Morgan fingerprint density at radius 3 is 1.33 bits per heavy atom. The number of benzene rings is 6. The molecule has 0 unspecified atom stereocenters. The average molecular weight is 619 g/mol. The van der Waals surface area contributed by atoms with Crippen LogP contribution in [0.25, 0.3) is 55.6 Å². The lowest BCUT2D eigenvalue weighted by Gasteiger charge is -2.30. The molecule has 0 atom stereocenters. The molecule has 3 heterocycles. The molecule has 0 saturated carbocycles. The third-order valence-corrected chi connectivity index (χ3v) is 12.6. The van der Waals surface area contributed by atoms with Crippen molar-refractivity contribution in [2.75, 3.05) is 7.11 Å². The van der Waals surface area contributed by atoms with Gasteiger partial charge in [0.25, 0.3) is 7.37 Å². The van der Waals surface area contributed by atoms with Crippen LogP contribution in [0.3, 0.4) is 0 Å². The number of para-hydroxylation sites is 2. The molecule has 224 valence electrons. The molecule has 0 bridgehead atoms. The van der Waals surface area contributed by atoms with E-state index in [1.807, 2.05) is 60.7 Å². The Balaban J connectivity index is 1.57. The number of hydrogen-bond donors (Lipinski definition) is 0. The minimum atomic E-state index is -3.69. The van der Waals surface area contributed by atoms with E-state index in [4.69, 9.17) is 14.0 Å². The van der Waals surface area contributed by atoms with E-state index < -0.39 is 7.37 Å². The van der Waals surface area contributed by atoms with Gasteiger partial charge in [-0.2, -0.15) is 0 Å². The molecule has 0 aromatic heterocycles. The van der Waals surface area contributed by atoms with Crippen LogP contribution in [0, 0.1) is 13.8 Å². The zero-order valence-corrected chi connectivity index (χ0v) is 26.8. The van der Waals surface area contributed by atoms with E-state index in [0.29, 0.717) is 13.2 Å². The standard InChI is InChI=1S/C41H31O4P/c1-24-30-22-44-32-20-12-10-18-28(32)36(30)38-39-37-29-19-11-13-21-33(29)45-23-31(37)25(2)35(27-16-8-5-9-17-27)41(39)46(42,43-3)40(38)34(24)26-14-6-4-7-15-26/h4-21H,22-23H2,1-3H3. The van der Waals surface area contributed by atoms with Crippen molar-refractivity contribution in [3.63, 3.8) is 0 Å². The maximum Gasteiger partial charge on any atom is 0.263 e. The van der Waals surface area contributed by atoms with E-state index >= 15 is 4.57 Å². The molecule has 46 heavy (non-hydrogen) atoms. The lowest BCUT2D eigenvalue weighted by molar-refractivity contribution is 0.301. The Morgan fingerprint density at radius 1 is 0.522 bits per heavy atom. The summed E-state index contributed by atoms with van der Waals surface area (Å²) >= 11 is 0. The molecule has 4 nitrogen and oxygen atoms in total. The second-order valence-corrected chi connectivity index (χ2v) is 14.6. The highest BCUT2D eigenvalue weighted by Gasteiger charge is 2.50. The summed E-state index contributed by atoms with van der Waals surface area (Å²) in [6.07, 6.45) is 0. The minimum Gasteiger partial charge on any atom is -0.488 e. The van der Waals surface area contributed by atoms with Crippen molar-refractivity contribution >= 4 is 18.0 Å². The molecule has 0 fully saturated rings. The quantitative estimate of drug-likeness (QED) is 0.185. The molecule has 0 radical (unpaired) electrons. The Morgan fingerprint density at radius 2 is 0.913 bits per heavy atom. The Bertz CT molecular complexity index is 2130. The van der Waals surface area contributed by atoms with Crippen molar-refractivity contribution in [1.29, 1.82) is 0 Å². The lowest BCUT2D eigenvalue weighted by Crippen LogP contribution is -2.20. The lowest BCUT2D eigenvalue weighted by atomic mass is 9.78. The number of ether oxygens (including phenoxy) is 2. The second kappa shape index (κ2) is 10.1. The molecular formula is C41H31O4P. The Hall–Kier alpha value is -4.89. The van der Waals surface area contributed by atoms with Gasteiger partial charge in [0.2, 0.25) is 0 Å². The van der Waals surface area contributed by atoms with Crippen LogP contribution < -0.4 is 20.1 Å². The van der Waals surface area contributed by atoms with E-state index in [0.717, 1.165) is 100.0 Å². The van der Waals surface area contributed by atoms with Crippen LogP contribution in [-0.2, 0) is 22.3 Å². The van der Waals surface area contributed by atoms with Crippen LogP contribution in [-0.4, -0.2) is 7.11 Å². The van der Waals surface area contributed by atoms with Crippen molar-refractivity contribution in [3.8, 4) is 67.1 Å². The van der Waals surface area contributed by atoms with Crippen molar-refractivity contribution in [1.82, 2.24) is 0 Å². The molecule has 6 aromatic rings. The highest BCUT2D eigenvalue weighted by Crippen LogP contribution is 2.65. The maximum atomic E-state index is 16.2. The largest absolute Gasteiger partial charge is 0.488 e. The van der Waals surface area contributed by atoms with Gasteiger partial charge in [0.05, 0.1) is 10.6 Å². The monoisotopic (exact) mass is 618 g/mol. The summed E-state index contributed by atoms with van der Waals surface area (Å²) in [4.78, 5) is 0. The Labute approximate surface area is 268 Å². The first-order valence-corrected chi connectivity index (χ1v) is 17.3. The topological polar surface area (TPSA) is 44.8 Å². The summed E-state index contributed by atoms with van der Waals surface area (Å²) in [5.41, 5.74) is 14.5. The van der Waals surface area contributed by atoms with Gasteiger partial charge in [-0.25, -0.2) is 0 Å². The molecule has 3 aliphatic heterocycles. The van der Waals surface area contributed by atoms with Gasteiger partial charge in [-0.3, -0.25) is 4.57 Å². The number of rotatable bonds is 3. The van der Waals surface area contributed by atoms with Crippen molar-refractivity contribution < 1.29 is 18.6 Å². The van der Waals surface area contributed by atoms with Gasteiger partial charge >= 0.3 is 0 Å². The number of hydrogen-bond acceptors (Lipinski definition) is 4. The van der Waals surface area contributed by atoms with Gasteiger partial charge in [0, 0.05) is 51.6 Å². The molecule has 0 N–H and O–H groups in total. The fourth-order valence-corrected chi connectivity index (χ4v) is 10.8. The molecular weight excluding hydrogens is 587 g/mol. The zero-order valence-electron chi connectivity index (χ0n) is 25.9. The third-order valence-electron chi connectivity index (χ3n) is 9.98. The summed E-state index contributed by atoms with van der Waals surface area (Å²) in [5.74, 6) is 1.66. The van der Waals surface area contributed by atoms with Gasteiger partial charge in [-0.05, 0) is 59.4 Å². The van der Waals surface area contributed by atoms with Gasteiger partial charge in [0.15, 0.2) is 0 Å². The van der Waals surface area contributed by atoms with Gasteiger partial charge < -0.3 is 14.0 Å². The van der Waals surface area contributed by atoms with E-state index in [1.54, 1.807) is 7.11 Å². The fourth-order valence-electron chi connectivity index (χ4n) is 7.96. The van der Waals surface area contributed by atoms with Crippen molar-refractivity contribution in [2.24, 2.45) is 0 Å². The highest BCUT2D eigenvalue weighted by molar-refractivity contribution is 7.76. The maximum absolute atomic E-state index is 16.2. The minimum absolute atomic E-state index is 0.428. The second-order valence-electron chi connectivity index (χ2n) is 12.2. The first-order chi connectivity index (χ1) is 22.5. The van der Waals surface area contributed by atoms with Crippen LogP contribution >= 0.6 is 7.37 Å². The fraction of sp³-hybridized carbons (Fsp3) is 0.122. The van der Waals surface area contributed by atoms with Gasteiger partial charge in [-0.15, -0.1) is 0 Å². The summed E-state index contributed by atoms with van der Waals surface area (Å²) in [6, 6.07) is 37.1. The molecule has 5 heteroatoms. The average Bonchev–Trinajstić information content (AvgIpc) is 3.37. The molecule has 3 aliphatic rings. The van der Waals surface area contributed by atoms with E-state index in [1.165, 1.54) is 0 Å². The smallest absolute Gasteiger partial charge is 0.263 e. The SMILES string of the molecule is COP1(=O)c2c(-c3ccccc3)c(C)c3c(c2-c2c4c(c(C)c(-c5ccccc5)c21)COc1ccccc1-4)-c1ccccc1OC3. The zero-order chi connectivity index (χ0) is 31.2. The summed E-state index contributed by atoms with van der Waals surface area (Å²) in [6.45, 7) is 5.14. The summed E-state index contributed by atoms with van der Waals surface area (Å²) in [7, 11) is -2.08. The van der Waals surface area contributed by atoms with E-state index in [2.05, 4.69) is 62.4 Å². The molecule has 0 amide bonds. The first kappa shape index (κ1) is 27.4. The molecule has 6 aromatic carbocycles. The molecule has 0 aliphatic carbocycles. The number of fused-ring (bicyclic) bond motifs is 11. The summed E-state index contributed by atoms with van der Waals surface area (Å²) < 4.78 is 35.5. The van der Waals surface area contributed by atoms with Gasteiger partial charge in [0.1, 0.15) is 24.7 Å². The summed E-state index contributed by atoms with van der Waals surface area (Å²) in [5, 5.41) is 1.55. The van der Waals surface area contributed by atoms with Crippen molar-refractivity contribution in [3.05, 3.63) is 131 Å². The van der Waals surface area contributed by atoms with Crippen LogP contribution in [0.2, 0.25) is 0 Å². The third kappa shape index (κ3) is 3.57. The molecule has 0 spiro atoms. The van der Waals surface area contributed by atoms with E-state index in [-0.39, 0.29) is 0 Å². The van der Waals surface area contributed by atoms with E-state index in [9.17, 15) is 0 Å². The van der Waals surface area contributed by atoms with Crippen molar-refractivity contribution in [2.45, 2.75) is 27.1 Å². The van der Waals surface area contributed by atoms with Crippen LogP contribution in [0.4, 0.5) is 0 Å². The first-order valence-electron chi connectivity index (χ1n) is 15.6. The molecule has 0 saturated heterocycles. The van der Waals surface area contributed by atoms with Gasteiger partial charge in [-0.1, -0.05) is 97.1 Å². The van der Waals surface area contributed by atoms with Crippen LogP contribution in [0.5, 0.6) is 11.5 Å². The normalized spacial score (nSPS) is 14.5. The predicted molar refractivity (Wildman–Crippen MR) is 186 cm³/mol. The molecule has 9 rings (SSSR count). The Kier molecular flexibility index (Phi) is 5.99. The van der Waals surface area contributed by atoms with Crippen LogP contribution in [0.1, 0.15) is 22.3 Å². The highest BCUT2D eigenvalue weighted by atomic mass is 31.2.